The van der Waals surface area contributed by atoms with E-state index >= 15 is 0 Å². The van der Waals surface area contributed by atoms with Crippen molar-refractivity contribution in [2.45, 2.75) is 228 Å². The number of hydrogen-bond acceptors (Lipinski definition) is 17. The van der Waals surface area contributed by atoms with Gasteiger partial charge in [-0.2, -0.15) is 0 Å². The summed E-state index contributed by atoms with van der Waals surface area (Å²) in [5.41, 5.74) is 11.6. The Morgan fingerprint density at radius 3 is 0.973 bits per heavy atom. The van der Waals surface area contributed by atoms with Gasteiger partial charge in [0.1, 0.15) is 37.0 Å². The van der Waals surface area contributed by atoms with Crippen LogP contribution in [0.15, 0.2) is 270 Å². The van der Waals surface area contributed by atoms with E-state index in [2.05, 4.69) is 166 Å². The molecule has 17 nitrogen and oxygen atoms in total. The monoisotopic (exact) mass is 1510 g/mol. The van der Waals surface area contributed by atoms with Crippen molar-refractivity contribution in [1.29, 1.82) is 0 Å². The molecular weight excluding hydrogens is 1370 g/mol. The highest BCUT2D eigenvalue weighted by atomic mass is 15.0. The minimum absolute atomic E-state index is 0.759. The van der Waals surface area contributed by atoms with Crippen LogP contribution in [0.1, 0.15) is 214 Å². The van der Waals surface area contributed by atoms with Gasteiger partial charge in [-0.3, -0.25) is 39.9 Å². The van der Waals surface area contributed by atoms with E-state index in [0.29, 0.717) is 0 Å². The molecule has 0 fully saturated rings. The Bertz CT molecular complexity index is 3370. The van der Waals surface area contributed by atoms with E-state index in [1.165, 1.54) is 80.1 Å². The van der Waals surface area contributed by atoms with Gasteiger partial charge in [-0.1, -0.05) is 225 Å². The van der Waals surface area contributed by atoms with Gasteiger partial charge in [0.15, 0.2) is 0 Å². The lowest BCUT2D eigenvalue weighted by Gasteiger charge is -1.98. The zero-order valence-corrected chi connectivity index (χ0v) is 74.5. The molecule has 0 N–H and O–H groups in total. The average molecular weight is 1510 g/mol. The molecule has 11 heterocycles. The van der Waals surface area contributed by atoms with Crippen LogP contribution in [-0.2, 0) is 0 Å². The summed E-state index contributed by atoms with van der Waals surface area (Å²) in [6.07, 6.45) is 38.0. The fourth-order valence-corrected chi connectivity index (χ4v) is 6.90. The fourth-order valence-electron chi connectivity index (χ4n) is 6.90. The van der Waals surface area contributed by atoms with Crippen LogP contribution in [0, 0.1) is 76.2 Å². The molecule has 0 aliphatic carbocycles. The number of para-hydroxylation sites is 1. The Labute approximate surface area is 674 Å². The smallest absolute Gasteiger partial charge is 0.128 e. The molecule has 11 aromatic heterocycles. The highest BCUT2D eigenvalue weighted by molar-refractivity contribution is 5.85. The number of nitrogens with zero attached hydrogens (tertiary/aromatic N) is 17. The van der Waals surface area contributed by atoms with E-state index in [9.17, 15) is 0 Å². The molecule has 0 atom stereocenters. The van der Waals surface area contributed by atoms with Gasteiger partial charge in [-0.25, -0.2) is 44.9 Å². The van der Waals surface area contributed by atoms with Crippen molar-refractivity contribution in [1.82, 2.24) is 84.7 Å². The van der Waals surface area contributed by atoms with Gasteiger partial charge in [0, 0.05) is 139 Å². The van der Waals surface area contributed by atoms with Gasteiger partial charge in [-0.15, -0.1) is 0 Å². The molecule has 111 heavy (non-hydrogen) atoms. The first-order valence-electron chi connectivity index (χ1n) is 39.3. The van der Waals surface area contributed by atoms with Gasteiger partial charge in [0.25, 0.3) is 0 Å². The van der Waals surface area contributed by atoms with Gasteiger partial charge >= 0.3 is 0 Å². The van der Waals surface area contributed by atoms with E-state index in [0.717, 1.165) is 39.8 Å². The molecule has 0 radical (unpaired) electrons. The van der Waals surface area contributed by atoms with E-state index in [1.807, 2.05) is 312 Å². The van der Waals surface area contributed by atoms with Crippen molar-refractivity contribution in [3.63, 3.8) is 0 Å². The van der Waals surface area contributed by atoms with Crippen LogP contribution in [0.4, 0.5) is 0 Å². The van der Waals surface area contributed by atoms with Gasteiger partial charge in [0.05, 0.1) is 11.2 Å². The standard InChI is InChI=1S/3C10H9N.3C6H7N.4C5H6N2.C4H5N3.11C2H6/c1-8-4-2-5-9-6-3-7-11-10(8)9;1-8-3-2-4-9-7-11-6-5-10(8)9;1-8-3-2-4-9-5-6-11-7-10(8)9;1-6-2-4-7-5-3-6;1-6-3-2-4-7-5-6;1-6-4-2-3-5-7-6;1-5-2-6-4-7-3-5;1-5-4-6-2-3-7-5;1-5-2-3-6-4-7-5;1-5-6-3-2-4-7-5;1-4-6-2-5-3-7-4;11*1-2/h3*2-7H,1H3;3*2-5H,1H3;4*2-4H,1H3;2-3H,1H3;11*1-2H3. The SMILES string of the molecule is CC.CC.CC.CC.CC.CC.CC.CC.CC.CC.CC.Cc1cccc2cccnc12.Cc1cccc2ccncc12.Cc1cccc2cnccc12.Cc1ccccn1.Cc1cccnc1.Cc1ccncc1.Cc1ccncn1.Cc1cnccn1.Cc1cncnc1.Cc1ncccn1.Cc1ncncn1. The Hall–Kier alpha value is -11.3. The van der Waals surface area contributed by atoms with Crippen LogP contribution in [0.5, 0.6) is 0 Å². The van der Waals surface area contributed by atoms with E-state index in [-0.39, 0.29) is 0 Å². The molecule has 604 valence electrons. The maximum absolute atomic E-state index is 4.28. The third kappa shape index (κ3) is 68.9. The third-order valence-corrected chi connectivity index (χ3v) is 11.5. The number of pyridine rings is 6. The number of fused-ring (bicyclic) bond motifs is 3. The van der Waals surface area contributed by atoms with Gasteiger partial charge < -0.3 is 0 Å². The molecule has 0 saturated heterocycles. The Balaban J connectivity index is -0.000000172. The Morgan fingerprint density at radius 2 is 0.613 bits per heavy atom. The van der Waals surface area contributed by atoms with E-state index < -0.39 is 0 Å². The number of aromatic nitrogens is 17. The van der Waals surface area contributed by atoms with Crippen molar-refractivity contribution < 1.29 is 0 Å². The molecule has 17 heteroatoms. The summed E-state index contributed by atoms with van der Waals surface area (Å²) < 4.78 is 0. The second-order valence-corrected chi connectivity index (χ2v) is 19.1. The molecule has 0 unspecified atom stereocenters. The first kappa shape index (κ1) is 115. The van der Waals surface area contributed by atoms with Crippen LogP contribution in [-0.4, -0.2) is 84.7 Å². The molecule has 0 bridgehead atoms. The molecule has 0 aliphatic heterocycles. The number of benzene rings is 3. The molecular formula is C94H143N17. The van der Waals surface area contributed by atoms with E-state index in [4.69, 9.17) is 0 Å². The number of rotatable bonds is 0. The normalized spacial score (nSPS) is 8.05. The zero-order chi connectivity index (χ0) is 85.9. The van der Waals surface area contributed by atoms with Gasteiger partial charge in [-0.05, 0) is 181 Å². The quantitative estimate of drug-likeness (QED) is 0.138. The summed E-state index contributed by atoms with van der Waals surface area (Å²) in [6, 6.07) is 44.3. The van der Waals surface area contributed by atoms with Crippen molar-refractivity contribution >= 4 is 32.4 Å². The summed E-state index contributed by atoms with van der Waals surface area (Å²) in [5.74, 6) is 1.58. The Kier molecular flexibility index (Phi) is 96.6. The molecule has 14 aromatic rings. The van der Waals surface area contributed by atoms with Crippen LogP contribution in [0.2, 0.25) is 0 Å². The van der Waals surface area contributed by atoms with Crippen LogP contribution < -0.4 is 0 Å². The third-order valence-electron chi connectivity index (χ3n) is 11.5. The van der Waals surface area contributed by atoms with Crippen LogP contribution >= 0.6 is 0 Å². The highest BCUT2D eigenvalue weighted by Crippen LogP contribution is 2.17. The van der Waals surface area contributed by atoms with Crippen LogP contribution in [0.25, 0.3) is 32.4 Å². The van der Waals surface area contributed by atoms with E-state index in [1.54, 1.807) is 80.4 Å². The maximum atomic E-state index is 4.28. The molecule has 0 spiro atoms. The minimum atomic E-state index is 0.759. The van der Waals surface area contributed by atoms with Crippen LogP contribution in [0.3, 0.4) is 0 Å². The number of hydrogen-bond donors (Lipinski definition) is 0. The predicted molar refractivity (Wildman–Crippen MR) is 483 cm³/mol. The topological polar surface area (TPSA) is 219 Å². The van der Waals surface area contributed by atoms with Gasteiger partial charge in [0.2, 0.25) is 0 Å². The zero-order valence-electron chi connectivity index (χ0n) is 74.5. The summed E-state index contributed by atoms with van der Waals surface area (Å²) in [7, 11) is 0. The lowest BCUT2D eigenvalue weighted by Crippen LogP contribution is -1.84. The average Bonchev–Trinajstić information content (AvgIpc) is 0.858. The molecule has 3 aromatic carbocycles. The molecule has 0 aliphatic rings. The minimum Gasteiger partial charge on any atom is -0.265 e. The largest absolute Gasteiger partial charge is 0.265 e. The van der Waals surface area contributed by atoms with Crippen molar-refractivity contribution in [2.24, 2.45) is 0 Å². The van der Waals surface area contributed by atoms with Crippen molar-refractivity contribution in [3.05, 3.63) is 332 Å². The number of aryl methyl sites for hydroxylation is 11. The summed E-state index contributed by atoms with van der Waals surface area (Å²) in [6.45, 7) is 65.8. The first-order chi connectivity index (χ1) is 54.3. The second-order valence-electron chi connectivity index (χ2n) is 19.1. The summed E-state index contributed by atoms with van der Waals surface area (Å²) in [5, 5.41) is 6.23. The lowest BCUT2D eigenvalue weighted by molar-refractivity contribution is 0.974. The Morgan fingerprint density at radius 1 is 0.180 bits per heavy atom. The first-order valence-corrected chi connectivity index (χ1v) is 39.3. The summed E-state index contributed by atoms with van der Waals surface area (Å²) >= 11 is 0. The predicted octanol–water partition coefficient (Wildman–Crippen LogP) is 26.4. The fraction of sp³-hybridized carbons (Fsp3) is 0.351. The van der Waals surface area contributed by atoms with Crippen molar-refractivity contribution in [3.8, 4) is 0 Å². The molecule has 0 amide bonds. The second kappa shape index (κ2) is 92.9. The maximum Gasteiger partial charge on any atom is 0.128 e. The highest BCUT2D eigenvalue weighted by Gasteiger charge is 1.96. The van der Waals surface area contributed by atoms with Crippen molar-refractivity contribution in [2.75, 3.05) is 0 Å². The molecule has 0 saturated carbocycles. The summed E-state index contributed by atoms with van der Waals surface area (Å²) in [4.78, 5) is 65.9. The molecule has 14 rings (SSSR count). The lowest BCUT2D eigenvalue weighted by atomic mass is 10.1.